The zero-order valence-corrected chi connectivity index (χ0v) is 16.9. The van der Waals surface area contributed by atoms with Gasteiger partial charge in [0, 0.05) is 52.1 Å². The molecule has 1 aromatic rings. The SMILES string of the molecule is CCNC(=NCCCn1nc2n(c1=O)CCCC2)N1CCCC(CC(N)=O)C1. The Balaban J connectivity index is 1.55. The first kappa shape index (κ1) is 20.4. The second kappa shape index (κ2) is 9.75. The third-order valence-electron chi connectivity index (χ3n) is 5.46. The van der Waals surface area contributed by atoms with Crippen LogP contribution in [0.25, 0.3) is 0 Å². The normalized spacial score (nSPS) is 20.1. The van der Waals surface area contributed by atoms with Gasteiger partial charge in [-0.15, -0.1) is 0 Å². The second-order valence-electron chi connectivity index (χ2n) is 7.74. The molecule has 156 valence electrons. The lowest BCUT2D eigenvalue weighted by Crippen LogP contribution is -2.47. The number of rotatable bonds is 7. The number of aromatic nitrogens is 3. The summed E-state index contributed by atoms with van der Waals surface area (Å²) in [6, 6.07) is 0. The van der Waals surface area contributed by atoms with Crippen LogP contribution in [0.4, 0.5) is 0 Å². The highest BCUT2D eigenvalue weighted by molar-refractivity contribution is 5.80. The van der Waals surface area contributed by atoms with Crippen molar-refractivity contribution in [3.63, 3.8) is 0 Å². The van der Waals surface area contributed by atoms with Gasteiger partial charge in [0.15, 0.2) is 5.96 Å². The van der Waals surface area contributed by atoms with Gasteiger partial charge in [-0.1, -0.05) is 0 Å². The van der Waals surface area contributed by atoms with E-state index in [-0.39, 0.29) is 11.6 Å². The number of likely N-dealkylation sites (tertiary alicyclic amines) is 1. The van der Waals surface area contributed by atoms with Crippen molar-refractivity contribution in [2.45, 2.75) is 65.0 Å². The second-order valence-corrected chi connectivity index (χ2v) is 7.74. The van der Waals surface area contributed by atoms with Crippen molar-refractivity contribution >= 4 is 11.9 Å². The van der Waals surface area contributed by atoms with Crippen LogP contribution in [-0.4, -0.2) is 57.3 Å². The van der Waals surface area contributed by atoms with Crippen LogP contribution in [0.2, 0.25) is 0 Å². The van der Waals surface area contributed by atoms with E-state index >= 15 is 0 Å². The van der Waals surface area contributed by atoms with E-state index in [4.69, 9.17) is 10.7 Å². The van der Waals surface area contributed by atoms with E-state index in [0.29, 0.717) is 25.4 Å². The first-order valence-corrected chi connectivity index (χ1v) is 10.6. The van der Waals surface area contributed by atoms with Gasteiger partial charge in [0.05, 0.1) is 0 Å². The van der Waals surface area contributed by atoms with Crippen LogP contribution in [0.15, 0.2) is 9.79 Å². The topological polar surface area (TPSA) is 111 Å². The average molecular weight is 392 g/mol. The first-order chi connectivity index (χ1) is 13.6. The molecule has 3 heterocycles. The van der Waals surface area contributed by atoms with E-state index in [9.17, 15) is 9.59 Å². The molecule has 3 N–H and O–H groups in total. The minimum atomic E-state index is -0.234. The number of carbonyl (C=O) groups is 1. The first-order valence-electron chi connectivity index (χ1n) is 10.6. The molecule has 1 amide bonds. The van der Waals surface area contributed by atoms with E-state index in [1.54, 1.807) is 4.68 Å². The van der Waals surface area contributed by atoms with Gasteiger partial charge in [0.25, 0.3) is 0 Å². The van der Waals surface area contributed by atoms with Crippen molar-refractivity contribution in [1.82, 2.24) is 24.6 Å². The fraction of sp³-hybridized carbons (Fsp3) is 0.789. The van der Waals surface area contributed by atoms with Gasteiger partial charge >= 0.3 is 5.69 Å². The van der Waals surface area contributed by atoms with Gasteiger partial charge in [-0.3, -0.25) is 14.4 Å². The van der Waals surface area contributed by atoms with E-state index in [1.165, 1.54) is 0 Å². The van der Waals surface area contributed by atoms with E-state index in [0.717, 1.165) is 76.5 Å². The number of guanidine groups is 1. The zero-order chi connectivity index (χ0) is 19.9. The predicted octanol–water partition coefficient (Wildman–Crippen LogP) is 0.324. The van der Waals surface area contributed by atoms with Crippen LogP contribution in [-0.2, 0) is 24.3 Å². The summed E-state index contributed by atoms with van der Waals surface area (Å²) in [7, 11) is 0. The third-order valence-corrected chi connectivity index (χ3v) is 5.46. The highest BCUT2D eigenvalue weighted by atomic mass is 16.2. The van der Waals surface area contributed by atoms with E-state index in [2.05, 4.69) is 22.2 Å². The summed E-state index contributed by atoms with van der Waals surface area (Å²) in [6.45, 7) is 6.60. The minimum absolute atomic E-state index is 0.0101. The number of aryl methyl sites for hydroxylation is 2. The summed E-state index contributed by atoms with van der Waals surface area (Å²) in [5, 5.41) is 7.83. The number of nitrogens with two attached hydrogens (primary N) is 1. The molecule has 2 aliphatic heterocycles. The van der Waals surface area contributed by atoms with Crippen LogP contribution in [0.3, 0.4) is 0 Å². The largest absolute Gasteiger partial charge is 0.370 e. The lowest BCUT2D eigenvalue weighted by atomic mass is 9.95. The molecule has 1 fully saturated rings. The Hall–Kier alpha value is -2.32. The highest BCUT2D eigenvalue weighted by Gasteiger charge is 2.23. The predicted molar refractivity (Wildman–Crippen MR) is 108 cm³/mol. The Kier molecular flexibility index (Phi) is 7.11. The highest BCUT2D eigenvalue weighted by Crippen LogP contribution is 2.19. The van der Waals surface area contributed by atoms with E-state index in [1.807, 2.05) is 4.57 Å². The van der Waals surface area contributed by atoms with Gasteiger partial charge in [-0.25, -0.2) is 9.48 Å². The molecule has 1 unspecified atom stereocenters. The van der Waals surface area contributed by atoms with Gasteiger partial charge in [-0.05, 0) is 44.9 Å². The number of fused-ring (bicyclic) bond motifs is 1. The third kappa shape index (κ3) is 5.14. The Morgan fingerprint density at radius 3 is 2.93 bits per heavy atom. The van der Waals surface area contributed by atoms with Crippen molar-refractivity contribution in [2.24, 2.45) is 16.6 Å². The molecular formula is C19H33N7O2. The number of piperidine rings is 1. The van der Waals surface area contributed by atoms with Crippen molar-refractivity contribution in [3.05, 3.63) is 16.3 Å². The summed E-state index contributed by atoms with van der Waals surface area (Å²) in [6.07, 6.45) is 6.34. The number of hydrogen-bond acceptors (Lipinski definition) is 4. The molecule has 1 aromatic heterocycles. The molecule has 0 saturated carbocycles. The van der Waals surface area contributed by atoms with Crippen molar-refractivity contribution < 1.29 is 4.79 Å². The number of hydrogen-bond donors (Lipinski definition) is 2. The Labute approximate surface area is 166 Å². The zero-order valence-electron chi connectivity index (χ0n) is 16.9. The van der Waals surface area contributed by atoms with Gasteiger partial charge in [0.1, 0.15) is 5.82 Å². The van der Waals surface area contributed by atoms with Crippen LogP contribution in [0.5, 0.6) is 0 Å². The number of aliphatic imine (C=N–C) groups is 1. The summed E-state index contributed by atoms with van der Waals surface area (Å²) in [4.78, 5) is 30.6. The van der Waals surface area contributed by atoms with Crippen molar-refractivity contribution in [1.29, 1.82) is 0 Å². The monoisotopic (exact) mass is 391 g/mol. The molecule has 1 saturated heterocycles. The maximum Gasteiger partial charge on any atom is 0.345 e. The van der Waals surface area contributed by atoms with Gasteiger partial charge in [0.2, 0.25) is 5.91 Å². The van der Waals surface area contributed by atoms with Crippen LogP contribution >= 0.6 is 0 Å². The van der Waals surface area contributed by atoms with Gasteiger partial charge in [-0.2, -0.15) is 5.10 Å². The number of amides is 1. The quantitative estimate of drug-likeness (QED) is 0.395. The molecule has 0 bridgehead atoms. The van der Waals surface area contributed by atoms with Crippen molar-refractivity contribution in [3.8, 4) is 0 Å². The lowest BCUT2D eigenvalue weighted by Gasteiger charge is -2.34. The van der Waals surface area contributed by atoms with Crippen molar-refractivity contribution in [2.75, 3.05) is 26.2 Å². The summed E-state index contributed by atoms with van der Waals surface area (Å²) >= 11 is 0. The molecule has 3 rings (SSSR count). The van der Waals surface area contributed by atoms with Crippen LogP contribution in [0, 0.1) is 5.92 Å². The molecular weight excluding hydrogens is 358 g/mol. The summed E-state index contributed by atoms with van der Waals surface area (Å²) in [5.41, 5.74) is 5.38. The maximum absolute atomic E-state index is 12.4. The van der Waals surface area contributed by atoms with E-state index < -0.39 is 0 Å². The standard InChI is InChI=1S/C19H33N7O2/c1-2-21-18(24-10-5-7-15(14-24)13-16(20)27)22-9-6-12-26-19(28)25-11-4-3-8-17(25)23-26/h15H,2-14H2,1H3,(H2,20,27)(H,21,22). The lowest BCUT2D eigenvalue weighted by molar-refractivity contribution is -0.119. The Morgan fingerprint density at radius 1 is 1.32 bits per heavy atom. The smallest absolute Gasteiger partial charge is 0.345 e. The number of nitrogens with one attached hydrogen (secondary N) is 1. The summed E-state index contributed by atoms with van der Waals surface area (Å²) in [5.74, 6) is 1.86. The number of primary amides is 1. The van der Waals surface area contributed by atoms with Crippen LogP contribution < -0.4 is 16.7 Å². The molecule has 0 aliphatic carbocycles. The molecule has 0 aromatic carbocycles. The maximum atomic E-state index is 12.4. The Morgan fingerprint density at radius 2 is 2.18 bits per heavy atom. The van der Waals surface area contributed by atoms with Gasteiger partial charge < -0.3 is 16.0 Å². The minimum Gasteiger partial charge on any atom is -0.370 e. The fourth-order valence-electron chi connectivity index (χ4n) is 4.13. The molecule has 1 atom stereocenters. The van der Waals surface area contributed by atoms with Crippen LogP contribution in [0.1, 0.15) is 51.3 Å². The summed E-state index contributed by atoms with van der Waals surface area (Å²) < 4.78 is 3.40. The molecule has 9 nitrogen and oxygen atoms in total. The molecule has 0 spiro atoms. The number of nitrogens with zero attached hydrogens (tertiary/aromatic N) is 5. The average Bonchev–Trinajstić information content (AvgIpc) is 3.00. The molecule has 9 heteroatoms. The molecule has 2 aliphatic rings. The molecule has 28 heavy (non-hydrogen) atoms. The Bertz CT molecular complexity index is 752. The molecule has 0 radical (unpaired) electrons. The fourth-order valence-corrected chi connectivity index (χ4v) is 4.13. The number of carbonyl (C=O) groups excluding carboxylic acids is 1.